The number of benzene rings is 1. The van der Waals surface area contributed by atoms with Crippen molar-refractivity contribution >= 4 is 32.8 Å². The predicted octanol–water partition coefficient (Wildman–Crippen LogP) is 2.11. The van der Waals surface area contributed by atoms with Crippen LogP contribution in [0.4, 0.5) is 10.5 Å². The fourth-order valence-electron chi connectivity index (χ4n) is 6.06. The molecule has 1 aromatic carbocycles. The summed E-state index contributed by atoms with van der Waals surface area (Å²) in [6, 6.07) is 6.30. The second-order valence-electron chi connectivity index (χ2n) is 12.2. The van der Waals surface area contributed by atoms with E-state index in [1.54, 1.807) is 4.57 Å². The molecule has 1 saturated carbocycles. The lowest BCUT2D eigenvalue weighted by Crippen LogP contribution is -2.49. The number of amides is 1. The zero-order valence-corrected chi connectivity index (χ0v) is 23.6. The van der Waals surface area contributed by atoms with Gasteiger partial charge in [-0.05, 0) is 63.6 Å². The van der Waals surface area contributed by atoms with Crippen LogP contribution in [0.2, 0.25) is 0 Å². The summed E-state index contributed by atoms with van der Waals surface area (Å²) in [7, 11) is -3.16. The van der Waals surface area contributed by atoms with Gasteiger partial charge in [-0.25, -0.2) is 18.0 Å². The van der Waals surface area contributed by atoms with Gasteiger partial charge in [0.25, 0.3) is 0 Å². The van der Waals surface area contributed by atoms with Gasteiger partial charge in [-0.15, -0.1) is 0 Å². The third-order valence-electron chi connectivity index (χ3n) is 8.04. The molecule has 2 saturated heterocycles. The summed E-state index contributed by atoms with van der Waals surface area (Å²) in [6.45, 7) is 10.7. The highest BCUT2D eigenvalue weighted by molar-refractivity contribution is 7.88. The van der Waals surface area contributed by atoms with Gasteiger partial charge in [0.15, 0.2) is 0 Å². The average Bonchev–Trinajstić information content (AvgIpc) is 3.37. The third-order valence-corrected chi connectivity index (χ3v) is 9.34. The fraction of sp³-hybridized carbons (Fsp3) is 0.692. The molecule has 11 nitrogen and oxygen atoms in total. The first-order valence-electron chi connectivity index (χ1n) is 13.4. The molecule has 3 heterocycles. The highest BCUT2D eigenvalue weighted by Gasteiger charge is 2.50. The fourth-order valence-corrected chi connectivity index (χ4v) is 6.89. The number of piperazine rings is 1. The Hall–Kier alpha value is -2.57. The molecule has 2 aromatic rings. The van der Waals surface area contributed by atoms with E-state index in [1.165, 1.54) is 10.6 Å². The molecule has 2 aliphatic heterocycles. The first-order chi connectivity index (χ1) is 17.8. The zero-order valence-electron chi connectivity index (χ0n) is 22.8. The maximum Gasteiger partial charge on any atom is 0.410 e. The number of sulfonamides is 1. The topological polar surface area (TPSA) is 120 Å². The number of imidazole rings is 1. The molecule has 0 atom stereocenters. The quantitative estimate of drug-likeness (QED) is 0.567. The van der Waals surface area contributed by atoms with Crippen molar-refractivity contribution in [1.29, 1.82) is 0 Å². The molecule has 5 rings (SSSR count). The van der Waals surface area contributed by atoms with E-state index < -0.39 is 15.6 Å². The van der Waals surface area contributed by atoms with Crippen molar-refractivity contribution in [3.05, 3.63) is 28.7 Å². The van der Waals surface area contributed by atoms with Crippen molar-refractivity contribution in [1.82, 2.24) is 23.7 Å². The first-order valence-corrected chi connectivity index (χ1v) is 15.3. The van der Waals surface area contributed by atoms with Gasteiger partial charge in [0.1, 0.15) is 5.60 Å². The van der Waals surface area contributed by atoms with Gasteiger partial charge in [-0.3, -0.25) is 9.47 Å². The van der Waals surface area contributed by atoms with Gasteiger partial charge in [0.05, 0.1) is 17.3 Å². The summed E-state index contributed by atoms with van der Waals surface area (Å²) >= 11 is 0. The zero-order chi connectivity index (χ0) is 27.3. The van der Waals surface area contributed by atoms with Crippen LogP contribution in [0.15, 0.2) is 23.0 Å². The molecule has 1 spiro atoms. The lowest BCUT2D eigenvalue weighted by atomic mass is 9.65. The Morgan fingerprint density at radius 3 is 2.50 bits per heavy atom. The highest BCUT2D eigenvalue weighted by Crippen LogP contribution is 2.49. The summed E-state index contributed by atoms with van der Waals surface area (Å²) in [6.07, 6.45) is 4.03. The molecule has 1 amide bonds. The number of ether oxygens (including phenoxy) is 1. The van der Waals surface area contributed by atoms with Crippen LogP contribution in [0.1, 0.15) is 40.0 Å². The monoisotopic (exact) mass is 548 g/mol. The number of nitrogens with one attached hydrogen (secondary N) is 2. The van der Waals surface area contributed by atoms with Crippen LogP contribution in [0.3, 0.4) is 0 Å². The molecule has 0 bridgehead atoms. The molecule has 38 heavy (non-hydrogen) atoms. The predicted molar refractivity (Wildman–Crippen MR) is 147 cm³/mol. The number of anilines is 1. The van der Waals surface area contributed by atoms with Crippen LogP contribution in [0.25, 0.3) is 11.0 Å². The average molecular weight is 549 g/mol. The van der Waals surface area contributed by atoms with E-state index in [0.29, 0.717) is 45.3 Å². The molecule has 0 radical (unpaired) electrons. The number of rotatable bonds is 6. The number of carbonyl (C=O) groups is 1. The molecule has 12 heteroatoms. The summed E-state index contributed by atoms with van der Waals surface area (Å²) in [5.41, 5.74) is 2.19. The number of hydrogen-bond donors (Lipinski definition) is 2. The van der Waals surface area contributed by atoms with Crippen molar-refractivity contribution in [2.45, 2.75) is 58.2 Å². The van der Waals surface area contributed by atoms with Crippen molar-refractivity contribution in [2.75, 3.05) is 57.4 Å². The Balaban J connectivity index is 1.16. The minimum atomic E-state index is -3.16. The Morgan fingerprint density at radius 2 is 1.84 bits per heavy atom. The van der Waals surface area contributed by atoms with E-state index in [0.717, 1.165) is 49.1 Å². The van der Waals surface area contributed by atoms with E-state index in [2.05, 4.69) is 15.2 Å². The van der Waals surface area contributed by atoms with Gasteiger partial charge in [-0.1, -0.05) is 0 Å². The van der Waals surface area contributed by atoms with E-state index in [1.807, 2.05) is 43.9 Å². The smallest absolute Gasteiger partial charge is 0.410 e. The van der Waals surface area contributed by atoms with Crippen molar-refractivity contribution in [2.24, 2.45) is 5.41 Å². The number of aromatic amines is 1. The maximum absolute atomic E-state index is 12.7. The number of aromatic nitrogens is 2. The standard InChI is InChI=1S/C26H40N6O5S/c1-25(2,3)37-24(34)30-8-7-26(18-30)16-20(17-26)27-19-5-6-21-22(15-19)32(23(33)28-21)14-11-29-9-12-31(13-10-29)38(4,35)36/h5-6,15,20,27H,7-14,16-18H2,1-4H3,(H,28,33). The summed E-state index contributed by atoms with van der Waals surface area (Å²) < 4.78 is 32.3. The SMILES string of the molecule is CC(C)(C)OC(=O)N1CCC2(CC(Nc3ccc4[nH]c(=O)n(CCN5CCN(S(C)(=O)=O)CC5)c4c3)C2)C1. The molecule has 3 fully saturated rings. The van der Waals surface area contributed by atoms with Gasteiger partial charge >= 0.3 is 11.8 Å². The lowest BCUT2D eigenvalue weighted by Gasteiger charge is -2.45. The van der Waals surface area contributed by atoms with Crippen LogP contribution in [-0.2, 0) is 21.3 Å². The molecule has 1 aliphatic carbocycles. The number of carbonyl (C=O) groups excluding carboxylic acids is 1. The van der Waals surface area contributed by atoms with Crippen LogP contribution in [0, 0.1) is 5.41 Å². The Labute approximate surface area is 224 Å². The van der Waals surface area contributed by atoms with Crippen LogP contribution < -0.4 is 11.0 Å². The Morgan fingerprint density at radius 1 is 1.13 bits per heavy atom. The van der Waals surface area contributed by atoms with Crippen molar-refractivity contribution in [3.63, 3.8) is 0 Å². The minimum absolute atomic E-state index is 0.136. The van der Waals surface area contributed by atoms with E-state index in [4.69, 9.17) is 4.74 Å². The summed E-state index contributed by atoms with van der Waals surface area (Å²) in [5, 5.41) is 3.63. The third kappa shape index (κ3) is 5.86. The summed E-state index contributed by atoms with van der Waals surface area (Å²) in [5.74, 6) is 0. The molecule has 0 unspecified atom stereocenters. The second-order valence-corrected chi connectivity index (χ2v) is 14.2. The number of fused-ring (bicyclic) bond motifs is 1. The molecule has 1 aromatic heterocycles. The van der Waals surface area contributed by atoms with Gasteiger partial charge in [0, 0.05) is 64.1 Å². The van der Waals surface area contributed by atoms with Crippen LogP contribution >= 0.6 is 0 Å². The lowest BCUT2D eigenvalue weighted by molar-refractivity contribution is 0.0237. The van der Waals surface area contributed by atoms with Gasteiger partial charge < -0.3 is 19.9 Å². The molecule has 2 N–H and O–H groups in total. The maximum atomic E-state index is 12.7. The van der Waals surface area contributed by atoms with Crippen molar-refractivity contribution < 1.29 is 17.9 Å². The molecular weight excluding hydrogens is 508 g/mol. The van der Waals surface area contributed by atoms with E-state index >= 15 is 0 Å². The number of likely N-dealkylation sites (tertiary alicyclic amines) is 1. The molecular formula is C26H40N6O5S. The van der Waals surface area contributed by atoms with Crippen LogP contribution in [0.5, 0.6) is 0 Å². The molecule has 3 aliphatic rings. The number of H-pyrrole nitrogens is 1. The Kier molecular flexibility index (Phi) is 7.02. The number of hydrogen-bond acceptors (Lipinski definition) is 7. The van der Waals surface area contributed by atoms with Crippen molar-refractivity contribution in [3.8, 4) is 0 Å². The van der Waals surface area contributed by atoms with E-state index in [-0.39, 0.29) is 17.2 Å². The second kappa shape index (κ2) is 9.87. The largest absolute Gasteiger partial charge is 0.444 e. The number of nitrogens with zero attached hydrogens (tertiary/aromatic N) is 4. The first kappa shape index (κ1) is 27.0. The Bertz CT molecular complexity index is 1350. The van der Waals surface area contributed by atoms with Crippen LogP contribution in [-0.4, -0.2) is 102 Å². The van der Waals surface area contributed by atoms with Gasteiger partial charge in [-0.2, -0.15) is 4.31 Å². The summed E-state index contributed by atoms with van der Waals surface area (Å²) in [4.78, 5) is 32.1. The molecule has 210 valence electrons. The normalized spacial score (nSPS) is 25.2. The minimum Gasteiger partial charge on any atom is -0.444 e. The highest BCUT2D eigenvalue weighted by atomic mass is 32.2. The van der Waals surface area contributed by atoms with Gasteiger partial charge in [0.2, 0.25) is 10.0 Å². The van der Waals surface area contributed by atoms with E-state index in [9.17, 15) is 18.0 Å².